The fourth-order valence-corrected chi connectivity index (χ4v) is 3.20. The highest BCUT2D eigenvalue weighted by Crippen LogP contribution is 2.32. The molecule has 0 radical (unpaired) electrons. The van der Waals surface area contributed by atoms with Crippen molar-refractivity contribution in [3.05, 3.63) is 59.9 Å². The lowest BCUT2D eigenvalue weighted by Gasteiger charge is -2.16. The second-order valence-electron chi connectivity index (χ2n) is 6.43. The summed E-state index contributed by atoms with van der Waals surface area (Å²) in [7, 11) is 1.61. The third-order valence-corrected chi connectivity index (χ3v) is 4.56. The minimum Gasteiger partial charge on any atom is -0.497 e. The van der Waals surface area contributed by atoms with Gasteiger partial charge in [-0.15, -0.1) is 0 Å². The predicted molar refractivity (Wildman–Crippen MR) is 97.2 cm³/mol. The predicted octanol–water partition coefficient (Wildman–Crippen LogP) is 3.57. The summed E-state index contributed by atoms with van der Waals surface area (Å²) in [5, 5.41) is 4.11. The van der Waals surface area contributed by atoms with Gasteiger partial charge < -0.3 is 14.2 Å². The fourth-order valence-electron chi connectivity index (χ4n) is 3.20. The average Bonchev–Trinajstić information content (AvgIpc) is 3.28. The standard InChI is InChI=1S/C20H19N3O3/c1-13-5-3-6-14(9-13)20-21-19(22-26-20)15-10-18(24)23(12-15)16-7-4-8-17(11-16)25-2/h3-9,11,15H,10,12H2,1-2H3. The molecule has 1 unspecified atom stereocenters. The Kier molecular flexibility index (Phi) is 4.16. The largest absolute Gasteiger partial charge is 0.497 e. The summed E-state index contributed by atoms with van der Waals surface area (Å²) in [6, 6.07) is 15.4. The fraction of sp³-hybridized carbons (Fsp3) is 0.250. The molecule has 1 saturated heterocycles. The van der Waals surface area contributed by atoms with Gasteiger partial charge in [0.25, 0.3) is 5.89 Å². The van der Waals surface area contributed by atoms with Crippen molar-refractivity contribution in [3.63, 3.8) is 0 Å². The Morgan fingerprint density at radius 1 is 1.19 bits per heavy atom. The van der Waals surface area contributed by atoms with Crippen molar-refractivity contribution in [2.75, 3.05) is 18.6 Å². The van der Waals surface area contributed by atoms with Crippen molar-refractivity contribution in [2.24, 2.45) is 0 Å². The Labute approximate surface area is 151 Å². The zero-order valence-electron chi connectivity index (χ0n) is 14.7. The van der Waals surface area contributed by atoms with E-state index >= 15 is 0 Å². The summed E-state index contributed by atoms with van der Waals surface area (Å²) in [4.78, 5) is 18.7. The number of amides is 1. The van der Waals surface area contributed by atoms with Crippen LogP contribution in [0.5, 0.6) is 5.75 Å². The van der Waals surface area contributed by atoms with Crippen LogP contribution in [-0.4, -0.2) is 29.7 Å². The molecule has 26 heavy (non-hydrogen) atoms. The first-order chi connectivity index (χ1) is 12.6. The number of aromatic nitrogens is 2. The molecule has 1 fully saturated rings. The summed E-state index contributed by atoms with van der Waals surface area (Å²) in [6.07, 6.45) is 0.365. The van der Waals surface area contributed by atoms with Gasteiger partial charge in [-0.1, -0.05) is 28.9 Å². The molecule has 132 valence electrons. The van der Waals surface area contributed by atoms with Crippen LogP contribution in [-0.2, 0) is 4.79 Å². The molecule has 0 aliphatic carbocycles. The second-order valence-corrected chi connectivity index (χ2v) is 6.43. The monoisotopic (exact) mass is 349 g/mol. The minimum absolute atomic E-state index is 0.0464. The first kappa shape index (κ1) is 16.3. The number of rotatable bonds is 4. The van der Waals surface area contributed by atoms with E-state index in [1.807, 2.05) is 55.5 Å². The van der Waals surface area contributed by atoms with E-state index in [0.29, 0.717) is 24.7 Å². The van der Waals surface area contributed by atoms with E-state index < -0.39 is 0 Å². The van der Waals surface area contributed by atoms with Gasteiger partial charge in [0, 0.05) is 36.2 Å². The van der Waals surface area contributed by atoms with Crippen LogP contribution in [0.15, 0.2) is 53.1 Å². The Balaban J connectivity index is 1.56. The van der Waals surface area contributed by atoms with E-state index in [4.69, 9.17) is 9.26 Å². The first-order valence-corrected chi connectivity index (χ1v) is 8.49. The molecule has 6 nitrogen and oxygen atoms in total. The van der Waals surface area contributed by atoms with Crippen LogP contribution >= 0.6 is 0 Å². The zero-order valence-corrected chi connectivity index (χ0v) is 14.7. The number of hydrogen-bond acceptors (Lipinski definition) is 5. The summed E-state index contributed by atoms with van der Waals surface area (Å²) >= 11 is 0. The number of carbonyl (C=O) groups excluding carboxylic acids is 1. The second kappa shape index (κ2) is 6.63. The third kappa shape index (κ3) is 3.06. The van der Waals surface area contributed by atoms with E-state index in [0.717, 1.165) is 22.6 Å². The Morgan fingerprint density at radius 3 is 2.85 bits per heavy atom. The van der Waals surface area contributed by atoms with Crippen LogP contribution in [0.3, 0.4) is 0 Å². The topological polar surface area (TPSA) is 68.5 Å². The maximum atomic E-state index is 12.5. The van der Waals surface area contributed by atoms with Crippen LogP contribution in [0.4, 0.5) is 5.69 Å². The van der Waals surface area contributed by atoms with Crippen molar-refractivity contribution in [1.29, 1.82) is 0 Å². The summed E-state index contributed by atoms with van der Waals surface area (Å²) in [5.74, 6) is 1.73. The van der Waals surface area contributed by atoms with Gasteiger partial charge in [-0.2, -0.15) is 4.98 Å². The van der Waals surface area contributed by atoms with E-state index in [1.54, 1.807) is 12.0 Å². The maximum absolute atomic E-state index is 12.5. The van der Waals surface area contributed by atoms with E-state index in [9.17, 15) is 4.79 Å². The number of methoxy groups -OCH3 is 1. The van der Waals surface area contributed by atoms with Crippen LogP contribution in [0, 0.1) is 6.92 Å². The van der Waals surface area contributed by atoms with E-state index in [2.05, 4.69) is 10.1 Å². The molecule has 1 aromatic heterocycles. The first-order valence-electron chi connectivity index (χ1n) is 8.49. The summed E-state index contributed by atoms with van der Waals surface area (Å²) < 4.78 is 10.7. The molecule has 1 atom stereocenters. The molecule has 0 spiro atoms. The number of benzene rings is 2. The number of ether oxygens (including phenoxy) is 1. The van der Waals surface area contributed by atoms with Gasteiger partial charge in [0.1, 0.15) is 5.75 Å². The van der Waals surface area contributed by atoms with Gasteiger partial charge in [-0.3, -0.25) is 4.79 Å². The average molecular weight is 349 g/mol. The third-order valence-electron chi connectivity index (χ3n) is 4.56. The molecular weight excluding hydrogens is 330 g/mol. The number of anilines is 1. The molecule has 3 aromatic rings. The van der Waals surface area contributed by atoms with Gasteiger partial charge in [0.2, 0.25) is 5.91 Å². The SMILES string of the molecule is COc1cccc(N2CC(c3noc(-c4cccc(C)c4)n3)CC2=O)c1. The molecule has 1 aliphatic rings. The summed E-state index contributed by atoms with van der Waals surface area (Å²) in [6.45, 7) is 2.54. The van der Waals surface area contributed by atoms with Gasteiger partial charge in [-0.05, 0) is 31.2 Å². The molecular formula is C20H19N3O3. The van der Waals surface area contributed by atoms with E-state index in [1.165, 1.54) is 0 Å². The van der Waals surface area contributed by atoms with Crippen molar-refractivity contribution in [2.45, 2.75) is 19.3 Å². The van der Waals surface area contributed by atoms with Gasteiger partial charge in [0.05, 0.1) is 7.11 Å². The number of carbonyl (C=O) groups is 1. The highest BCUT2D eigenvalue weighted by molar-refractivity contribution is 5.96. The van der Waals surface area contributed by atoms with Crippen LogP contribution in [0.1, 0.15) is 23.7 Å². The highest BCUT2D eigenvalue weighted by Gasteiger charge is 2.34. The molecule has 6 heteroatoms. The van der Waals surface area contributed by atoms with Gasteiger partial charge in [0.15, 0.2) is 5.82 Å². The molecule has 0 bridgehead atoms. The minimum atomic E-state index is -0.0870. The molecule has 0 N–H and O–H groups in total. The number of aryl methyl sites for hydroxylation is 1. The lowest BCUT2D eigenvalue weighted by Crippen LogP contribution is -2.24. The highest BCUT2D eigenvalue weighted by atomic mass is 16.5. The number of nitrogens with zero attached hydrogens (tertiary/aromatic N) is 3. The summed E-state index contributed by atoms with van der Waals surface area (Å²) in [5.41, 5.74) is 2.83. The zero-order chi connectivity index (χ0) is 18.1. The van der Waals surface area contributed by atoms with Crippen LogP contribution < -0.4 is 9.64 Å². The lowest BCUT2D eigenvalue weighted by molar-refractivity contribution is -0.117. The normalized spacial score (nSPS) is 16.9. The molecule has 1 amide bonds. The van der Waals surface area contributed by atoms with Crippen molar-refractivity contribution < 1.29 is 14.1 Å². The van der Waals surface area contributed by atoms with Crippen molar-refractivity contribution >= 4 is 11.6 Å². The lowest BCUT2D eigenvalue weighted by atomic mass is 10.1. The van der Waals surface area contributed by atoms with Crippen molar-refractivity contribution in [1.82, 2.24) is 10.1 Å². The quantitative estimate of drug-likeness (QED) is 0.720. The number of hydrogen-bond donors (Lipinski definition) is 0. The van der Waals surface area contributed by atoms with E-state index in [-0.39, 0.29) is 11.8 Å². The molecule has 2 heterocycles. The Hall–Kier alpha value is -3.15. The van der Waals surface area contributed by atoms with Gasteiger partial charge in [-0.25, -0.2) is 0 Å². The smallest absolute Gasteiger partial charge is 0.257 e. The molecule has 1 aliphatic heterocycles. The van der Waals surface area contributed by atoms with Gasteiger partial charge >= 0.3 is 0 Å². The Morgan fingerprint density at radius 2 is 2.04 bits per heavy atom. The van der Waals surface area contributed by atoms with Crippen molar-refractivity contribution in [3.8, 4) is 17.2 Å². The Bertz CT molecular complexity index is 951. The molecule has 0 saturated carbocycles. The van der Waals surface area contributed by atoms with Crippen LogP contribution in [0.2, 0.25) is 0 Å². The maximum Gasteiger partial charge on any atom is 0.257 e. The molecule has 2 aromatic carbocycles. The van der Waals surface area contributed by atoms with Crippen LogP contribution in [0.25, 0.3) is 11.5 Å². The molecule has 4 rings (SSSR count).